The Kier molecular flexibility index (Phi) is 6.73. The quantitative estimate of drug-likeness (QED) is 0.214. The summed E-state index contributed by atoms with van der Waals surface area (Å²) >= 11 is 0. The van der Waals surface area contributed by atoms with Crippen molar-refractivity contribution in [1.82, 2.24) is 0 Å². The lowest BCUT2D eigenvalue weighted by molar-refractivity contribution is -0.122. The average molecular weight is 550 g/mol. The number of imide groups is 1. The molecule has 4 atom stereocenters. The number of ether oxygens (including phenoxy) is 3. The zero-order valence-electron chi connectivity index (χ0n) is 23.4. The second-order valence-electron chi connectivity index (χ2n) is 10.8. The molecule has 1 saturated carbocycles. The zero-order valence-corrected chi connectivity index (χ0v) is 23.4. The van der Waals surface area contributed by atoms with Crippen LogP contribution in [0.2, 0.25) is 0 Å². The predicted molar refractivity (Wildman–Crippen MR) is 155 cm³/mol. The van der Waals surface area contributed by atoms with Crippen molar-refractivity contribution in [2.45, 2.75) is 20.0 Å². The van der Waals surface area contributed by atoms with Crippen molar-refractivity contribution in [3.63, 3.8) is 0 Å². The Morgan fingerprint density at radius 3 is 1.54 bits per heavy atom. The molecule has 0 aromatic heterocycles. The Bertz CT molecular complexity index is 1480. The molecule has 7 heteroatoms. The van der Waals surface area contributed by atoms with Crippen LogP contribution in [-0.4, -0.2) is 38.1 Å². The third-order valence-corrected chi connectivity index (χ3v) is 8.17. The Hall–Kier alpha value is -4.65. The first-order valence-corrected chi connectivity index (χ1v) is 13.7. The maximum absolute atomic E-state index is 13.9. The minimum Gasteiger partial charge on any atom is -0.497 e. The third kappa shape index (κ3) is 4.42. The second kappa shape index (κ2) is 10.4. The first-order chi connectivity index (χ1) is 19.8. The molecule has 2 amide bonds. The molecule has 0 radical (unpaired) electrons. The van der Waals surface area contributed by atoms with Crippen LogP contribution in [0.4, 0.5) is 5.69 Å². The zero-order chi connectivity index (χ0) is 28.8. The Labute approximate surface area is 239 Å². The van der Waals surface area contributed by atoms with Gasteiger partial charge in [-0.1, -0.05) is 36.4 Å². The highest BCUT2D eigenvalue weighted by atomic mass is 16.5. The number of benzene rings is 3. The number of hydrogen-bond donors (Lipinski definition) is 0. The summed E-state index contributed by atoms with van der Waals surface area (Å²) in [4.78, 5) is 41.3. The Balaban J connectivity index is 1.38. The van der Waals surface area contributed by atoms with Gasteiger partial charge in [0.2, 0.25) is 11.8 Å². The summed E-state index contributed by atoms with van der Waals surface area (Å²) < 4.78 is 16.0. The number of anilines is 1. The van der Waals surface area contributed by atoms with Crippen molar-refractivity contribution in [3.05, 3.63) is 107 Å². The first-order valence-electron chi connectivity index (χ1n) is 13.7. The SMILES string of the molecule is COc1ccc(C(=C2[C@H]3C=C[C@H]2[C@H]2C(=O)N(c4ccc(C(=O)OC(C)C)cc4)C(=O)[C@H]23)c2ccc(OC)cc2)cc1. The van der Waals surface area contributed by atoms with Gasteiger partial charge in [0.15, 0.2) is 0 Å². The van der Waals surface area contributed by atoms with Crippen LogP contribution in [0.1, 0.15) is 35.3 Å². The number of esters is 1. The normalized spacial score (nSPS) is 22.4. The van der Waals surface area contributed by atoms with E-state index in [1.54, 1.807) is 52.3 Å². The van der Waals surface area contributed by atoms with E-state index in [1.165, 1.54) is 4.90 Å². The molecule has 1 saturated heterocycles. The molecular weight excluding hydrogens is 518 g/mol. The monoisotopic (exact) mass is 549 g/mol. The fraction of sp³-hybridized carbons (Fsp3) is 0.265. The number of carbonyl (C=O) groups is 3. The summed E-state index contributed by atoms with van der Waals surface area (Å²) in [5.41, 5.74) is 4.92. The van der Waals surface area contributed by atoms with Gasteiger partial charge in [-0.05, 0) is 84.7 Å². The van der Waals surface area contributed by atoms with Gasteiger partial charge < -0.3 is 14.2 Å². The summed E-state index contributed by atoms with van der Waals surface area (Å²) in [6, 6.07) is 22.2. The smallest absolute Gasteiger partial charge is 0.338 e. The molecule has 41 heavy (non-hydrogen) atoms. The molecule has 2 bridgehead atoms. The number of allylic oxidation sites excluding steroid dienone is 3. The van der Waals surface area contributed by atoms with Crippen LogP contribution in [0.3, 0.4) is 0 Å². The van der Waals surface area contributed by atoms with E-state index in [1.807, 2.05) is 48.5 Å². The van der Waals surface area contributed by atoms with Crippen molar-refractivity contribution in [1.29, 1.82) is 0 Å². The van der Waals surface area contributed by atoms with E-state index in [9.17, 15) is 14.4 Å². The van der Waals surface area contributed by atoms with Crippen molar-refractivity contribution >= 4 is 29.0 Å². The summed E-state index contributed by atoms with van der Waals surface area (Å²) in [6.45, 7) is 3.57. The van der Waals surface area contributed by atoms with Crippen LogP contribution in [-0.2, 0) is 14.3 Å². The molecule has 3 aromatic rings. The van der Waals surface area contributed by atoms with Crippen molar-refractivity contribution in [2.24, 2.45) is 23.7 Å². The number of carbonyl (C=O) groups excluding carboxylic acids is 3. The summed E-state index contributed by atoms with van der Waals surface area (Å²) in [5.74, 6) is -0.732. The summed E-state index contributed by atoms with van der Waals surface area (Å²) in [7, 11) is 3.27. The van der Waals surface area contributed by atoms with Crippen LogP contribution < -0.4 is 14.4 Å². The summed E-state index contributed by atoms with van der Waals surface area (Å²) in [5, 5.41) is 0. The van der Waals surface area contributed by atoms with E-state index < -0.39 is 17.8 Å². The molecule has 3 aromatic carbocycles. The summed E-state index contributed by atoms with van der Waals surface area (Å²) in [6.07, 6.45) is 3.91. The molecule has 1 aliphatic heterocycles. The molecule has 3 aliphatic rings. The van der Waals surface area contributed by atoms with Gasteiger partial charge in [0, 0.05) is 11.8 Å². The van der Waals surface area contributed by atoms with E-state index in [-0.39, 0.29) is 29.8 Å². The fourth-order valence-corrected chi connectivity index (χ4v) is 6.40. The van der Waals surface area contributed by atoms with Crippen LogP contribution in [0.25, 0.3) is 5.57 Å². The topological polar surface area (TPSA) is 82.1 Å². The molecular formula is C34H31NO6. The number of hydrogen-bond acceptors (Lipinski definition) is 6. The highest BCUT2D eigenvalue weighted by molar-refractivity contribution is 6.23. The van der Waals surface area contributed by atoms with Crippen LogP contribution in [0.15, 0.2) is 90.5 Å². The van der Waals surface area contributed by atoms with Crippen LogP contribution in [0.5, 0.6) is 11.5 Å². The maximum atomic E-state index is 13.9. The molecule has 1 heterocycles. The Morgan fingerprint density at radius 2 is 1.12 bits per heavy atom. The van der Waals surface area contributed by atoms with Crippen LogP contribution >= 0.6 is 0 Å². The van der Waals surface area contributed by atoms with Gasteiger partial charge in [-0.25, -0.2) is 9.69 Å². The number of methoxy groups -OCH3 is 2. The number of rotatable bonds is 7. The molecule has 2 fully saturated rings. The van der Waals surface area contributed by atoms with Crippen molar-refractivity contribution < 1.29 is 28.6 Å². The lowest BCUT2D eigenvalue weighted by Gasteiger charge is -2.22. The Morgan fingerprint density at radius 1 is 0.683 bits per heavy atom. The van der Waals surface area contributed by atoms with Crippen molar-refractivity contribution in [3.8, 4) is 11.5 Å². The van der Waals surface area contributed by atoms with E-state index in [0.29, 0.717) is 11.3 Å². The lowest BCUT2D eigenvalue weighted by Crippen LogP contribution is -2.33. The van der Waals surface area contributed by atoms with Gasteiger partial charge in [-0.3, -0.25) is 9.59 Å². The van der Waals surface area contributed by atoms with E-state index in [2.05, 4.69) is 12.2 Å². The van der Waals surface area contributed by atoms with Crippen molar-refractivity contribution in [2.75, 3.05) is 19.1 Å². The standard InChI is InChI=1S/C34H31NO6/c1-19(2)41-34(38)22-5-11-23(12-6-22)35-32(36)30-26-17-18-27(31(30)33(35)37)29(26)28(20-7-13-24(39-3)14-8-20)21-9-15-25(40-4)16-10-21/h5-19,26-27,30-31H,1-4H3/t26-,27-,30-,31+/m1/s1. The molecule has 0 spiro atoms. The molecule has 0 N–H and O–H groups in total. The second-order valence-corrected chi connectivity index (χ2v) is 10.8. The number of fused-ring (bicyclic) bond motifs is 5. The first kappa shape index (κ1) is 26.6. The third-order valence-electron chi connectivity index (χ3n) is 8.17. The average Bonchev–Trinajstić information content (AvgIpc) is 3.62. The van der Waals surface area contributed by atoms with Gasteiger partial charge in [0.25, 0.3) is 0 Å². The molecule has 6 rings (SSSR count). The van der Waals surface area contributed by atoms with Gasteiger partial charge in [-0.15, -0.1) is 0 Å². The highest BCUT2D eigenvalue weighted by Gasteiger charge is 2.62. The highest BCUT2D eigenvalue weighted by Crippen LogP contribution is 2.59. The minimum atomic E-state index is -0.482. The van der Waals surface area contributed by atoms with E-state index >= 15 is 0 Å². The van der Waals surface area contributed by atoms with E-state index in [4.69, 9.17) is 14.2 Å². The lowest BCUT2D eigenvalue weighted by atomic mass is 9.85. The van der Waals surface area contributed by atoms with E-state index in [0.717, 1.165) is 33.8 Å². The maximum Gasteiger partial charge on any atom is 0.338 e. The predicted octanol–water partition coefficient (Wildman–Crippen LogP) is 5.69. The molecule has 0 unspecified atom stereocenters. The minimum absolute atomic E-state index is 0.203. The van der Waals surface area contributed by atoms with Gasteiger partial charge >= 0.3 is 5.97 Å². The molecule has 2 aliphatic carbocycles. The number of nitrogens with zero attached hydrogens (tertiary/aromatic N) is 1. The van der Waals surface area contributed by atoms with Gasteiger partial charge in [-0.2, -0.15) is 0 Å². The largest absolute Gasteiger partial charge is 0.497 e. The van der Waals surface area contributed by atoms with Crippen LogP contribution in [0, 0.1) is 23.7 Å². The van der Waals surface area contributed by atoms with Gasteiger partial charge in [0.05, 0.1) is 43.4 Å². The molecule has 208 valence electrons. The number of amides is 2. The fourth-order valence-electron chi connectivity index (χ4n) is 6.40. The van der Waals surface area contributed by atoms with Gasteiger partial charge in [0.1, 0.15) is 11.5 Å². The molecule has 7 nitrogen and oxygen atoms in total.